The first-order valence-corrected chi connectivity index (χ1v) is 10.5. The minimum Gasteiger partial charge on any atom is -0.508 e. The van der Waals surface area contributed by atoms with E-state index < -0.39 is 15.3 Å². The van der Waals surface area contributed by atoms with E-state index in [1.54, 1.807) is 24.3 Å². The Bertz CT molecular complexity index is 1030. The van der Waals surface area contributed by atoms with Gasteiger partial charge in [-0.1, -0.05) is 35.5 Å². The number of aromatic hydroxyl groups is 1. The van der Waals surface area contributed by atoms with Crippen molar-refractivity contribution in [3.05, 3.63) is 60.4 Å². The zero-order valence-electron chi connectivity index (χ0n) is 14.3. The van der Waals surface area contributed by atoms with E-state index >= 15 is 0 Å². The van der Waals surface area contributed by atoms with Gasteiger partial charge >= 0.3 is 0 Å². The van der Waals surface area contributed by atoms with Crippen LogP contribution in [0.3, 0.4) is 0 Å². The minimum absolute atomic E-state index is 0.0596. The average Bonchev–Trinajstić information content (AvgIpc) is 3.21. The van der Waals surface area contributed by atoms with Crippen molar-refractivity contribution in [3.63, 3.8) is 0 Å². The van der Waals surface area contributed by atoms with E-state index in [9.17, 15) is 13.5 Å². The van der Waals surface area contributed by atoms with Crippen LogP contribution in [0.25, 0.3) is 22.4 Å². The molecule has 1 aliphatic carbocycles. The summed E-state index contributed by atoms with van der Waals surface area (Å²) in [5.41, 5.74) is 2.74. The summed E-state index contributed by atoms with van der Waals surface area (Å²) in [6, 6.07) is 16.5. The second-order valence-electron chi connectivity index (χ2n) is 7.00. The van der Waals surface area contributed by atoms with E-state index in [-0.39, 0.29) is 11.5 Å². The Morgan fingerprint density at radius 2 is 1.69 bits per heavy atom. The van der Waals surface area contributed by atoms with Crippen molar-refractivity contribution >= 4 is 9.84 Å². The zero-order valence-corrected chi connectivity index (χ0v) is 15.2. The molecule has 0 unspecified atom stereocenters. The Hall–Kier alpha value is -2.60. The number of rotatable bonds is 5. The molecule has 0 spiro atoms. The van der Waals surface area contributed by atoms with E-state index in [0.717, 1.165) is 29.5 Å². The van der Waals surface area contributed by atoms with Crippen molar-refractivity contribution in [2.45, 2.75) is 18.3 Å². The molecule has 134 valence electrons. The third kappa shape index (κ3) is 3.12. The summed E-state index contributed by atoms with van der Waals surface area (Å²) < 4.78 is 29.6. The molecule has 0 atom stereocenters. The van der Waals surface area contributed by atoms with E-state index in [1.165, 1.54) is 6.26 Å². The van der Waals surface area contributed by atoms with Crippen molar-refractivity contribution in [2.75, 3.05) is 12.0 Å². The van der Waals surface area contributed by atoms with Gasteiger partial charge in [0.25, 0.3) is 0 Å². The predicted molar refractivity (Wildman–Crippen MR) is 99.7 cm³/mol. The Morgan fingerprint density at radius 3 is 2.27 bits per heavy atom. The fraction of sp³-hybridized carbons (Fsp3) is 0.250. The number of hydrogen-bond acceptors (Lipinski definition) is 5. The van der Waals surface area contributed by atoms with Gasteiger partial charge < -0.3 is 9.63 Å². The van der Waals surface area contributed by atoms with Crippen LogP contribution in [0.5, 0.6) is 5.75 Å². The van der Waals surface area contributed by atoms with Gasteiger partial charge in [-0.15, -0.1) is 0 Å². The summed E-state index contributed by atoms with van der Waals surface area (Å²) in [6.45, 7) is 0. The normalized spacial score (nSPS) is 15.7. The lowest BCUT2D eigenvalue weighted by Gasteiger charge is -2.13. The van der Waals surface area contributed by atoms with Crippen LogP contribution in [0.2, 0.25) is 0 Å². The number of aromatic nitrogens is 1. The summed E-state index contributed by atoms with van der Waals surface area (Å²) in [6.07, 6.45) is 2.79. The SMILES string of the molecule is CS(=O)(=O)CC1(c2onc(-c3ccc(O)cc3)c2-c2ccccc2)CC1. The maximum absolute atomic E-state index is 11.9. The van der Waals surface area contributed by atoms with Gasteiger partial charge in [0.2, 0.25) is 0 Å². The topological polar surface area (TPSA) is 80.4 Å². The molecule has 1 aliphatic rings. The Kier molecular flexibility index (Phi) is 3.88. The second kappa shape index (κ2) is 5.99. The highest BCUT2D eigenvalue weighted by atomic mass is 32.2. The van der Waals surface area contributed by atoms with Crippen molar-refractivity contribution < 1.29 is 18.0 Å². The Morgan fingerprint density at radius 1 is 1.04 bits per heavy atom. The van der Waals surface area contributed by atoms with Crippen molar-refractivity contribution in [2.24, 2.45) is 0 Å². The van der Waals surface area contributed by atoms with E-state index in [0.29, 0.717) is 11.5 Å². The molecule has 0 aliphatic heterocycles. The fourth-order valence-electron chi connectivity index (χ4n) is 3.43. The molecule has 1 saturated carbocycles. The number of hydrogen-bond donors (Lipinski definition) is 1. The van der Waals surface area contributed by atoms with Gasteiger partial charge in [0.05, 0.1) is 11.3 Å². The molecule has 5 nitrogen and oxygen atoms in total. The van der Waals surface area contributed by atoms with Crippen LogP contribution in [0.15, 0.2) is 59.1 Å². The first-order chi connectivity index (χ1) is 12.4. The summed E-state index contributed by atoms with van der Waals surface area (Å²) in [4.78, 5) is 0. The lowest BCUT2D eigenvalue weighted by molar-refractivity contribution is 0.362. The lowest BCUT2D eigenvalue weighted by atomic mass is 9.93. The lowest BCUT2D eigenvalue weighted by Crippen LogP contribution is -2.20. The number of phenols is 1. The van der Waals surface area contributed by atoms with Crippen molar-refractivity contribution in [1.82, 2.24) is 5.16 Å². The van der Waals surface area contributed by atoms with E-state index in [2.05, 4.69) is 5.16 Å². The molecule has 1 N–H and O–H groups in total. The molecule has 26 heavy (non-hydrogen) atoms. The van der Waals surface area contributed by atoms with Crippen LogP contribution in [0.1, 0.15) is 18.6 Å². The van der Waals surface area contributed by atoms with Crippen LogP contribution >= 0.6 is 0 Å². The van der Waals surface area contributed by atoms with E-state index in [1.807, 2.05) is 30.3 Å². The maximum atomic E-state index is 11.9. The molecule has 6 heteroatoms. The number of benzene rings is 2. The number of phenolic OH excluding ortho intramolecular Hbond substituents is 1. The molecule has 0 saturated heterocycles. The molecule has 1 heterocycles. The van der Waals surface area contributed by atoms with Crippen LogP contribution in [-0.2, 0) is 15.3 Å². The Balaban J connectivity index is 1.90. The second-order valence-corrected chi connectivity index (χ2v) is 9.14. The standard InChI is InChI=1S/C20H19NO4S/c1-26(23,24)13-20(11-12-20)19-17(14-5-3-2-4-6-14)18(21-25-19)15-7-9-16(22)10-8-15/h2-10,22H,11-13H2,1H3. The highest BCUT2D eigenvalue weighted by Gasteiger charge is 2.52. The number of sulfone groups is 1. The molecule has 1 aromatic heterocycles. The molecule has 3 aromatic rings. The summed E-state index contributed by atoms with van der Waals surface area (Å²) in [5, 5.41) is 13.8. The maximum Gasteiger partial charge on any atom is 0.152 e. The van der Waals surface area contributed by atoms with Gasteiger partial charge in [-0.05, 0) is 42.7 Å². The Labute approximate surface area is 152 Å². The van der Waals surface area contributed by atoms with Crippen LogP contribution < -0.4 is 0 Å². The van der Waals surface area contributed by atoms with Crippen LogP contribution in [0, 0.1) is 0 Å². The van der Waals surface area contributed by atoms with Crippen molar-refractivity contribution in [3.8, 4) is 28.1 Å². The summed E-state index contributed by atoms with van der Waals surface area (Å²) in [7, 11) is -3.15. The van der Waals surface area contributed by atoms with Gasteiger partial charge in [0, 0.05) is 17.2 Å². The van der Waals surface area contributed by atoms with Gasteiger partial charge in [0.1, 0.15) is 21.3 Å². The first kappa shape index (κ1) is 16.8. The van der Waals surface area contributed by atoms with Crippen LogP contribution in [0.4, 0.5) is 0 Å². The third-order valence-electron chi connectivity index (χ3n) is 4.77. The van der Waals surface area contributed by atoms with Gasteiger partial charge in [-0.25, -0.2) is 8.42 Å². The molecule has 0 bridgehead atoms. The van der Waals surface area contributed by atoms with Gasteiger partial charge in [-0.2, -0.15) is 0 Å². The third-order valence-corrected chi connectivity index (χ3v) is 5.85. The van der Waals surface area contributed by atoms with Crippen molar-refractivity contribution in [1.29, 1.82) is 0 Å². The molecule has 2 aromatic carbocycles. The molecular weight excluding hydrogens is 350 g/mol. The molecular formula is C20H19NO4S. The smallest absolute Gasteiger partial charge is 0.152 e. The quantitative estimate of drug-likeness (QED) is 0.740. The molecule has 0 amide bonds. The highest BCUT2D eigenvalue weighted by Crippen LogP contribution is 2.53. The summed E-state index contributed by atoms with van der Waals surface area (Å²) in [5.74, 6) is 0.871. The van der Waals surface area contributed by atoms with Gasteiger partial charge in [0.15, 0.2) is 5.76 Å². The van der Waals surface area contributed by atoms with E-state index in [4.69, 9.17) is 4.52 Å². The molecule has 0 radical (unpaired) electrons. The van der Waals surface area contributed by atoms with Crippen LogP contribution in [-0.4, -0.2) is 30.7 Å². The molecule has 4 rings (SSSR count). The summed E-state index contributed by atoms with van der Waals surface area (Å²) >= 11 is 0. The largest absolute Gasteiger partial charge is 0.508 e. The molecule has 1 fully saturated rings. The fourth-order valence-corrected chi connectivity index (χ4v) is 4.85. The minimum atomic E-state index is -3.15. The van der Waals surface area contributed by atoms with Gasteiger partial charge in [-0.3, -0.25) is 0 Å². The zero-order chi connectivity index (χ0) is 18.4. The highest BCUT2D eigenvalue weighted by molar-refractivity contribution is 7.90. The first-order valence-electron chi connectivity index (χ1n) is 8.41. The number of nitrogens with zero attached hydrogens (tertiary/aromatic N) is 1. The predicted octanol–water partition coefficient (Wildman–Crippen LogP) is 3.79. The monoisotopic (exact) mass is 369 g/mol. The average molecular weight is 369 g/mol.